The Kier molecular flexibility index (Phi) is 4.11. The molecule has 0 saturated carbocycles. The lowest BCUT2D eigenvalue weighted by atomic mass is 10.1. The van der Waals surface area contributed by atoms with Crippen LogP contribution in [0.4, 0.5) is 0 Å². The van der Waals surface area contributed by atoms with Crippen LogP contribution in [0.1, 0.15) is 16.5 Å². The topological polar surface area (TPSA) is 38.7 Å². The fraction of sp³-hybridized carbons (Fsp3) is 0.231. The molecule has 1 aromatic carbocycles. The molecule has 2 rings (SSSR count). The summed E-state index contributed by atoms with van der Waals surface area (Å²) in [6.07, 6.45) is -0.706. The maximum absolute atomic E-state index is 10.2. The van der Waals surface area contributed by atoms with Crippen molar-refractivity contribution in [1.29, 1.82) is 0 Å². The van der Waals surface area contributed by atoms with E-state index in [1.807, 2.05) is 6.07 Å². The predicted octanol–water partition coefficient (Wildman–Crippen LogP) is 3.50. The maximum Gasteiger partial charge on any atom is 0.161 e. The minimum atomic E-state index is -0.706. The van der Waals surface area contributed by atoms with Crippen LogP contribution >= 0.6 is 22.9 Å². The summed E-state index contributed by atoms with van der Waals surface area (Å²) in [5.74, 6) is 1.23. The van der Waals surface area contributed by atoms with Crippen LogP contribution in [0.25, 0.3) is 0 Å². The molecule has 18 heavy (non-hydrogen) atoms. The number of benzene rings is 1. The van der Waals surface area contributed by atoms with E-state index in [1.165, 1.54) is 11.3 Å². The molecule has 0 aliphatic rings. The number of halogens is 1. The maximum atomic E-state index is 10.2. The first-order valence-corrected chi connectivity index (χ1v) is 6.50. The molecule has 1 N–H and O–H groups in total. The van der Waals surface area contributed by atoms with Gasteiger partial charge in [0.15, 0.2) is 11.5 Å². The summed E-state index contributed by atoms with van der Waals surface area (Å²) < 4.78 is 11.0. The standard InChI is InChI=1S/C13H13ClO3S/c1-16-9-4-3-8(7-10(9)17-2)13(15)11-5-6-12(14)18-11/h3-7,13,15H,1-2H3. The van der Waals surface area contributed by atoms with Crippen LogP contribution in [0.15, 0.2) is 30.3 Å². The summed E-state index contributed by atoms with van der Waals surface area (Å²) in [5.41, 5.74) is 0.742. The Bertz CT molecular complexity index is 539. The first-order valence-electron chi connectivity index (χ1n) is 5.31. The first kappa shape index (κ1) is 13.2. The molecule has 1 heterocycles. The Labute approximate surface area is 115 Å². The van der Waals surface area contributed by atoms with Crippen molar-refractivity contribution in [3.8, 4) is 11.5 Å². The van der Waals surface area contributed by atoms with E-state index in [0.717, 1.165) is 10.4 Å². The van der Waals surface area contributed by atoms with Gasteiger partial charge in [-0.25, -0.2) is 0 Å². The van der Waals surface area contributed by atoms with E-state index in [9.17, 15) is 5.11 Å². The zero-order valence-corrected chi connectivity index (χ0v) is 11.6. The molecule has 3 nitrogen and oxygen atoms in total. The van der Waals surface area contributed by atoms with Crippen LogP contribution in [-0.4, -0.2) is 19.3 Å². The van der Waals surface area contributed by atoms with Gasteiger partial charge in [-0.1, -0.05) is 17.7 Å². The lowest BCUT2D eigenvalue weighted by Gasteiger charge is -2.13. The fourth-order valence-corrected chi connectivity index (χ4v) is 2.74. The highest BCUT2D eigenvalue weighted by atomic mass is 35.5. The zero-order valence-electron chi connectivity index (χ0n) is 10.0. The molecule has 0 aliphatic carbocycles. The third kappa shape index (κ3) is 2.61. The van der Waals surface area contributed by atoms with Gasteiger partial charge >= 0.3 is 0 Å². The van der Waals surface area contributed by atoms with Crippen LogP contribution in [0.2, 0.25) is 4.34 Å². The van der Waals surface area contributed by atoms with E-state index in [-0.39, 0.29) is 0 Å². The van der Waals surface area contributed by atoms with Crippen molar-refractivity contribution < 1.29 is 14.6 Å². The summed E-state index contributed by atoms with van der Waals surface area (Å²) in [6.45, 7) is 0. The second kappa shape index (κ2) is 5.61. The van der Waals surface area contributed by atoms with Gasteiger partial charge in [0.2, 0.25) is 0 Å². The fourth-order valence-electron chi connectivity index (χ4n) is 1.66. The summed E-state index contributed by atoms with van der Waals surface area (Å²) in [4.78, 5) is 0.798. The SMILES string of the molecule is COc1ccc(C(O)c2ccc(Cl)s2)cc1OC. The summed E-state index contributed by atoms with van der Waals surface area (Å²) in [6, 6.07) is 8.92. The van der Waals surface area contributed by atoms with Gasteiger partial charge in [-0.15, -0.1) is 11.3 Å². The molecular weight excluding hydrogens is 272 g/mol. The van der Waals surface area contributed by atoms with E-state index >= 15 is 0 Å². The van der Waals surface area contributed by atoms with Gasteiger partial charge in [-0.05, 0) is 29.8 Å². The number of ether oxygens (including phenoxy) is 2. The van der Waals surface area contributed by atoms with Crippen molar-refractivity contribution in [2.24, 2.45) is 0 Å². The van der Waals surface area contributed by atoms with Crippen molar-refractivity contribution in [1.82, 2.24) is 0 Å². The van der Waals surface area contributed by atoms with Gasteiger partial charge in [0.1, 0.15) is 6.10 Å². The molecule has 1 aromatic heterocycles. The monoisotopic (exact) mass is 284 g/mol. The summed E-state index contributed by atoms with van der Waals surface area (Å²) >= 11 is 7.22. The molecule has 0 aliphatic heterocycles. The van der Waals surface area contributed by atoms with Crippen LogP contribution < -0.4 is 9.47 Å². The lowest BCUT2D eigenvalue weighted by Crippen LogP contribution is -1.99. The van der Waals surface area contributed by atoms with E-state index in [1.54, 1.807) is 38.5 Å². The van der Waals surface area contributed by atoms with Gasteiger partial charge in [0.25, 0.3) is 0 Å². The highest BCUT2D eigenvalue weighted by Crippen LogP contribution is 2.35. The van der Waals surface area contributed by atoms with E-state index in [0.29, 0.717) is 15.8 Å². The van der Waals surface area contributed by atoms with Crippen molar-refractivity contribution in [3.05, 3.63) is 45.1 Å². The second-order valence-corrected chi connectivity index (χ2v) is 5.41. The molecule has 0 bridgehead atoms. The highest BCUT2D eigenvalue weighted by molar-refractivity contribution is 7.16. The Balaban J connectivity index is 2.33. The number of hydrogen-bond donors (Lipinski definition) is 1. The number of aliphatic hydroxyl groups excluding tert-OH is 1. The molecular formula is C13H13ClO3S. The van der Waals surface area contributed by atoms with E-state index in [2.05, 4.69) is 0 Å². The lowest BCUT2D eigenvalue weighted by molar-refractivity contribution is 0.223. The third-order valence-electron chi connectivity index (χ3n) is 2.59. The molecule has 0 spiro atoms. The quantitative estimate of drug-likeness (QED) is 0.934. The molecule has 5 heteroatoms. The molecule has 2 aromatic rings. The number of rotatable bonds is 4. The normalized spacial score (nSPS) is 12.2. The minimum Gasteiger partial charge on any atom is -0.493 e. The Hall–Kier alpha value is -1.23. The Morgan fingerprint density at radius 2 is 1.83 bits per heavy atom. The average molecular weight is 285 g/mol. The van der Waals surface area contributed by atoms with Gasteiger partial charge in [0.05, 0.1) is 18.6 Å². The smallest absolute Gasteiger partial charge is 0.161 e. The van der Waals surface area contributed by atoms with E-state index in [4.69, 9.17) is 21.1 Å². The van der Waals surface area contributed by atoms with Gasteiger partial charge in [0, 0.05) is 4.88 Å². The van der Waals surface area contributed by atoms with Gasteiger partial charge in [-0.2, -0.15) is 0 Å². The zero-order chi connectivity index (χ0) is 13.1. The average Bonchev–Trinajstić information content (AvgIpc) is 2.83. The van der Waals surface area contributed by atoms with E-state index < -0.39 is 6.10 Å². The second-order valence-electron chi connectivity index (χ2n) is 3.66. The van der Waals surface area contributed by atoms with Crippen molar-refractivity contribution in [2.45, 2.75) is 6.10 Å². The highest BCUT2D eigenvalue weighted by Gasteiger charge is 2.15. The molecule has 0 saturated heterocycles. The van der Waals surface area contributed by atoms with Crippen molar-refractivity contribution in [2.75, 3.05) is 14.2 Å². The minimum absolute atomic E-state index is 0.594. The molecule has 1 unspecified atom stereocenters. The van der Waals surface area contributed by atoms with Crippen LogP contribution in [0.5, 0.6) is 11.5 Å². The van der Waals surface area contributed by atoms with Crippen molar-refractivity contribution in [3.63, 3.8) is 0 Å². The predicted molar refractivity (Wildman–Crippen MR) is 72.9 cm³/mol. The van der Waals surface area contributed by atoms with Gasteiger partial charge < -0.3 is 14.6 Å². The number of methoxy groups -OCH3 is 2. The molecule has 96 valence electrons. The molecule has 0 radical (unpaired) electrons. The summed E-state index contributed by atoms with van der Waals surface area (Å²) in [7, 11) is 3.14. The third-order valence-corrected chi connectivity index (χ3v) is 3.87. The van der Waals surface area contributed by atoms with Crippen LogP contribution in [-0.2, 0) is 0 Å². The molecule has 0 amide bonds. The number of hydrogen-bond acceptors (Lipinski definition) is 4. The summed E-state index contributed by atoms with van der Waals surface area (Å²) in [5, 5.41) is 10.2. The number of thiophene rings is 1. The van der Waals surface area contributed by atoms with Gasteiger partial charge in [-0.3, -0.25) is 0 Å². The molecule has 0 fully saturated rings. The van der Waals surface area contributed by atoms with Crippen molar-refractivity contribution >= 4 is 22.9 Å². The Morgan fingerprint density at radius 3 is 2.39 bits per heavy atom. The first-order chi connectivity index (χ1) is 8.65. The number of aliphatic hydroxyl groups is 1. The Morgan fingerprint density at radius 1 is 1.11 bits per heavy atom. The van der Waals surface area contributed by atoms with Crippen LogP contribution in [0.3, 0.4) is 0 Å². The molecule has 1 atom stereocenters. The van der Waals surface area contributed by atoms with Crippen LogP contribution in [0, 0.1) is 0 Å². The largest absolute Gasteiger partial charge is 0.493 e.